The molecule has 0 spiro atoms. The number of aliphatic carboxylic acids is 1. The second kappa shape index (κ2) is 6.50. The van der Waals surface area contributed by atoms with Gasteiger partial charge in [-0.15, -0.1) is 0 Å². The third-order valence-electron chi connectivity index (χ3n) is 3.36. The van der Waals surface area contributed by atoms with Gasteiger partial charge in [0.2, 0.25) is 0 Å². The Bertz CT molecular complexity index is 275. The lowest BCUT2D eigenvalue weighted by Crippen LogP contribution is -2.45. The Kier molecular flexibility index (Phi) is 5.56. The van der Waals surface area contributed by atoms with Crippen molar-refractivity contribution in [2.24, 2.45) is 5.92 Å². The molecule has 0 bridgehead atoms. The molecular weight excluding hydrogens is 234 g/mol. The first kappa shape index (κ1) is 15.4. The molecule has 1 aliphatic rings. The van der Waals surface area contributed by atoms with E-state index in [1.165, 1.54) is 0 Å². The van der Waals surface area contributed by atoms with Crippen LogP contribution >= 0.6 is 0 Å². The Labute approximate surface area is 109 Å². The Morgan fingerprint density at radius 3 is 2.56 bits per heavy atom. The summed E-state index contributed by atoms with van der Waals surface area (Å²) in [6.07, 6.45) is 1.60. The molecule has 0 aromatic heterocycles. The molecule has 1 heterocycles. The summed E-state index contributed by atoms with van der Waals surface area (Å²) in [5.41, 5.74) is -0.718. The van der Waals surface area contributed by atoms with E-state index in [-0.39, 0.29) is 6.04 Å². The van der Waals surface area contributed by atoms with Crippen LogP contribution in [0, 0.1) is 5.92 Å². The Morgan fingerprint density at radius 2 is 2.06 bits per heavy atom. The zero-order valence-corrected chi connectivity index (χ0v) is 11.6. The largest absolute Gasteiger partial charge is 0.481 e. The quantitative estimate of drug-likeness (QED) is 0.712. The van der Waals surface area contributed by atoms with Crippen molar-refractivity contribution in [3.8, 4) is 0 Å². The van der Waals surface area contributed by atoms with Crippen molar-refractivity contribution in [2.45, 2.75) is 45.3 Å². The average molecular weight is 259 g/mol. The number of ether oxygens (including phenoxy) is 1. The van der Waals surface area contributed by atoms with Crippen LogP contribution in [-0.2, 0) is 9.53 Å². The van der Waals surface area contributed by atoms with E-state index in [0.29, 0.717) is 26.2 Å². The van der Waals surface area contributed by atoms with Gasteiger partial charge in [-0.05, 0) is 33.2 Å². The molecule has 1 fully saturated rings. The van der Waals surface area contributed by atoms with Crippen LogP contribution in [0.3, 0.4) is 0 Å². The van der Waals surface area contributed by atoms with Crippen LogP contribution in [0.25, 0.3) is 0 Å². The third-order valence-corrected chi connectivity index (χ3v) is 3.36. The Hall–Kier alpha value is -0.650. The van der Waals surface area contributed by atoms with Gasteiger partial charge in [-0.25, -0.2) is 0 Å². The van der Waals surface area contributed by atoms with E-state index in [0.717, 1.165) is 13.0 Å². The van der Waals surface area contributed by atoms with Crippen molar-refractivity contribution in [3.63, 3.8) is 0 Å². The molecule has 5 heteroatoms. The molecule has 0 radical (unpaired) electrons. The summed E-state index contributed by atoms with van der Waals surface area (Å²) in [6.45, 7) is 7.94. The van der Waals surface area contributed by atoms with Crippen molar-refractivity contribution >= 4 is 5.97 Å². The summed E-state index contributed by atoms with van der Waals surface area (Å²) in [6, 6.07) is -0.0650. The fourth-order valence-corrected chi connectivity index (χ4v) is 2.29. The maximum absolute atomic E-state index is 11.2. The molecule has 0 amide bonds. The Morgan fingerprint density at radius 1 is 1.39 bits per heavy atom. The minimum atomic E-state index is -0.790. The van der Waals surface area contributed by atoms with Gasteiger partial charge in [0, 0.05) is 12.6 Å². The smallest absolute Gasteiger partial charge is 0.310 e. The van der Waals surface area contributed by atoms with Crippen molar-refractivity contribution in [2.75, 3.05) is 26.3 Å². The van der Waals surface area contributed by atoms with Crippen molar-refractivity contribution in [3.05, 3.63) is 0 Å². The SMILES string of the molecule is CCCN(CCC(C)(C)O)C1COCC1C(=O)O. The second-order valence-electron chi connectivity index (χ2n) is 5.65. The zero-order valence-electron chi connectivity index (χ0n) is 11.6. The molecule has 1 saturated heterocycles. The van der Waals surface area contributed by atoms with Crippen molar-refractivity contribution in [1.29, 1.82) is 0 Å². The fourth-order valence-electron chi connectivity index (χ4n) is 2.29. The lowest BCUT2D eigenvalue weighted by atomic mass is 9.99. The van der Waals surface area contributed by atoms with E-state index in [2.05, 4.69) is 11.8 Å². The number of nitrogens with zero attached hydrogens (tertiary/aromatic N) is 1. The highest BCUT2D eigenvalue weighted by molar-refractivity contribution is 5.71. The molecule has 106 valence electrons. The average Bonchev–Trinajstić information content (AvgIpc) is 2.71. The first-order valence-electron chi connectivity index (χ1n) is 6.62. The molecule has 5 nitrogen and oxygen atoms in total. The summed E-state index contributed by atoms with van der Waals surface area (Å²) in [7, 11) is 0. The van der Waals surface area contributed by atoms with Crippen LogP contribution in [0.4, 0.5) is 0 Å². The van der Waals surface area contributed by atoms with E-state index < -0.39 is 17.5 Å². The second-order valence-corrected chi connectivity index (χ2v) is 5.65. The molecule has 2 N–H and O–H groups in total. The normalized spacial score (nSPS) is 24.7. The summed E-state index contributed by atoms with van der Waals surface area (Å²) >= 11 is 0. The van der Waals surface area contributed by atoms with Gasteiger partial charge < -0.3 is 14.9 Å². The first-order valence-corrected chi connectivity index (χ1v) is 6.62. The predicted octanol–water partition coefficient (Wildman–Crippen LogP) is 0.959. The molecule has 18 heavy (non-hydrogen) atoms. The summed E-state index contributed by atoms with van der Waals surface area (Å²) in [4.78, 5) is 13.3. The van der Waals surface area contributed by atoms with E-state index in [4.69, 9.17) is 4.74 Å². The maximum atomic E-state index is 11.2. The van der Waals surface area contributed by atoms with Gasteiger partial charge in [0.1, 0.15) is 0 Å². The molecule has 0 aromatic rings. The van der Waals surface area contributed by atoms with Gasteiger partial charge >= 0.3 is 5.97 Å². The lowest BCUT2D eigenvalue weighted by molar-refractivity contribution is -0.143. The number of carbonyl (C=O) groups is 1. The molecular formula is C13H25NO4. The van der Waals surface area contributed by atoms with E-state index in [9.17, 15) is 15.0 Å². The van der Waals surface area contributed by atoms with Gasteiger partial charge in [-0.1, -0.05) is 6.92 Å². The highest BCUT2D eigenvalue weighted by atomic mass is 16.5. The highest BCUT2D eigenvalue weighted by Crippen LogP contribution is 2.22. The summed E-state index contributed by atoms with van der Waals surface area (Å²) in [5, 5.41) is 19.0. The van der Waals surface area contributed by atoms with Crippen LogP contribution in [0.1, 0.15) is 33.6 Å². The monoisotopic (exact) mass is 259 g/mol. The van der Waals surface area contributed by atoms with Crippen LogP contribution in [-0.4, -0.2) is 59.0 Å². The van der Waals surface area contributed by atoms with Gasteiger partial charge in [0.05, 0.1) is 24.7 Å². The number of rotatable bonds is 7. The molecule has 0 aromatic carbocycles. The standard InChI is InChI=1S/C13H25NO4/c1-4-6-14(7-5-13(2,3)17)11-9-18-8-10(11)12(15)16/h10-11,17H,4-9H2,1-3H3,(H,15,16). The summed E-state index contributed by atoms with van der Waals surface area (Å²) < 4.78 is 5.31. The number of aliphatic hydroxyl groups is 1. The van der Waals surface area contributed by atoms with E-state index in [1.54, 1.807) is 13.8 Å². The number of hydrogen-bond donors (Lipinski definition) is 2. The maximum Gasteiger partial charge on any atom is 0.310 e. The number of carboxylic acid groups (broad SMARTS) is 1. The van der Waals surface area contributed by atoms with E-state index >= 15 is 0 Å². The van der Waals surface area contributed by atoms with Gasteiger partial charge in [-0.2, -0.15) is 0 Å². The minimum Gasteiger partial charge on any atom is -0.481 e. The number of hydrogen-bond acceptors (Lipinski definition) is 4. The van der Waals surface area contributed by atoms with Gasteiger partial charge in [0.15, 0.2) is 0 Å². The van der Waals surface area contributed by atoms with Crippen LogP contribution in [0.5, 0.6) is 0 Å². The minimum absolute atomic E-state index is 0.0650. The van der Waals surface area contributed by atoms with Crippen LogP contribution in [0.2, 0.25) is 0 Å². The predicted molar refractivity (Wildman–Crippen MR) is 68.5 cm³/mol. The Balaban J connectivity index is 2.62. The first-order chi connectivity index (χ1) is 8.35. The molecule has 0 aliphatic carbocycles. The fraction of sp³-hybridized carbons (Fsp3) is 0.923. The third kappa shape index (κ3) is 4.55. The van der Waals surface area contributed by atoms with Crippen LogP contribution < -0.4 is 0 Å². The van der Waals surface area contributed by atoms with Crippen molar-refractivity contribution in [1.82, 2.24) is 4.90 Å². The van der Waals surface area contributed by atoms with Crippen LogP contribution in [0.15, 0.2) is 0 Å². The highest BCUT2D eigenvalue weighted by Gasteiger charge is 2.37. The topological polar surface area (TPSA) is 70.0 Å². The summed E-state index contributed by atoms with van der Waals surface area (Å²) in [5.74, 6) is -1.24. The number of carboxylic acids is 1. The molecule has 2 unspecified atom stereocenters. The zero-order chi connectivity index (χ0) is 13.8. The lowest BCUT2D eigenvalue weighted by Gasteiger charge is -2.32. The molecule has 1 rings (SSSR count). The molecule has 2 atom stereocenters. The van der Waals surface area contributed by atoms with Gasteiger partial charge in [-0.3, -0.25) is 9.69 Å². The molecule has 1 aliphatic heterocycles. The van der Waals surface area contributed by atoms with Crippen molar-refractivity contribution < 1.29 is 19.7 Å². The van der Waals surface area contributed by atoms with E-state index in [1.807, 2.05) is 0 Å². The molecule has 0 saturated carbocycles. The van der Waals surface area contributed by atoms with Gasteiger partial charge in [0.25, 0.3) is 0 Å².